The van der Waals surface area contributed by atoms with Crippen molar-refractivity contribution in [2.75, 3.05) is 7.05 Å². The third-order valence-electron chi connectivity index (χ3n) is 5.40. The van der Waals surface area contributed by atoms with Crippen LogP contribution < -0.4 is 5.73 Å². The van der Waals surface area contributed by atoms with E-state index in [4.69, 9.17) is 5.73 Å². The van der Waals surface area contributed by atoms with Crippen LogP contribution in [0, 0.1) is 11.2 Å². The summed E-state index contributed by atoms with van der Waals surface area (Å²) in [5.74, 6) is -0.507. The second-order valence-corrected chi connectivity index (χ2v) is 7.34. The van der Waals surface area contributed by atoms with Gasteiger partial charge < -0.3 is 5.73 Å². The van der Waals surface area contributed by atoms with Gasteiger partial charge in [0.25, 0.3) is 0 Å². The number of carbonyl (C=O) groups excluding carboxylic acids is 1. The molecule has 0 saturated heterocycles. The van der Waals surface area contributed by atoms with Crippen LogP contribution in [0.5, 0.6) is 0 Å². The molecule has 0 unspecified atom stereocenters. The summed E-state index contributed by atoms with van der Waals surface area (Å²) in [6.45, 7) is 5.30. The second-order valence-electron chi connectivity index (χ2n) is 7.34. The van der Waals surface area contributed by atoms with Crippen molar-refractivity contribution in [3.63, 3.8) is 0 Å². The number of nitrogens with zero attached hydrogens (tertiary/aromatic N) is 3. The highest BCUT2D eigenvalue weighted by Gasteiger charge is 2.53. The quantitative estimate of drug-likeness (QED) is 0.921. The Balaban J connectivity index is 2.10. The van der Waals surface area contributed by atoms with Gasteiger partial charge in [-0.15, -0.1) is 0 Å². The lowest BCUT2D eigenvalue weighted by atomic mass is 9.67. The van der Waals surface area contributed by atoms with E-state index in [-0.39, 0.29) is 11.9 Å². The van der Waals surface area contributed by atoms with Crippen LogP contribution in [0.25, 0.3) is 0 Å². The number of rotatable bonds is 3. The number of halogens is 1. The maximum atomic E-state index is 14.8. The first-order valence-corrected chi connectivity index (χ1v) is 8.49. The third kappa shape index (κ3) is 2.75. The number of aliphatic imine (C=N–C) groups is 1. The monoisotopic (exact) mass is 354 g/mol. The highest BCUT2D eigenvalue weighted by atomic mass is 19.1. The molecule has 1 aromatic carbocycles. The highest BCUT2D eigenvalue weighted by Crippen LogP contribution is 2.47. The first kappa shape index (κ1) is 18.0. The molecule has 3 rings (SSSR count). The van der Waals surface area contributed by atoms with Crippen molar-refractivity contribution in [2.24, 2.45) is 16.1 Å². The maximum Gasteiger partial charge on any atom is 0.237 e. The van der Waals surface area contributed by atoms with Crippen LogP contribution >= 0.6 is 0 Å². The molecule has 0 bridgehead atoms. The Morgan fingerprint density at radius 1 is 1.19 bits per heavy atom. The smallest absolute Gasteiger partial charge is 0.237 e. The number of guanidine groups is 1. The normalized spacial score (nSPS) is 22.3. The fourth-order valence-electron chi connectivity index (χ4n) is 3.34. The molecular weight excluding hydrogens is 331 g/mol. The lowest BCUT2D eigenvalue weighted by molar-refractivity contribution is -0.140. The average Bonchev–Trinajstić information content (AvgIpc) is 2.61. The minimum atomic E-state index is -1.11. The lowest BCUT2D eigenvalue weighted by Gasteiger charge is -2.46. The zero-order valence-corrected chi connectivity index (χ0v) is 15.5. The van der Waals surface area contributed by atoms with Gasteiger partial charge in [0.1, 0.15) is 11.4 Å². The summed E-state index contributed by atoms with van der Waals surface area (Å²) < 4.78 is 14.8. The Morgan fingerprint density at radius 3 is 2.58 bits per heavy atom. The third-order valence-corrected chi connectivity index (χ3v) is 5.40. The standard InChI is InChI=1S/C20H23FN4O/c1-19(2)17(26)25(4)18(22)24-20(19,3)15-12-13(8-9-16(15)21)11-14-7-5-6-10-23-14/h5-10,12H,11H2,1-4H3,(H2,22,24)/t20-/m1/s1. The van der Waals surface area contributed by atoms with Crippen molar-refractivity contribution in [1.82, 2.24) is 9.88 Å². The van der Waals surface area contributed by atoms with Gasteiger partial charge in [0.15, 0.2) is 5.96 Å². The van der Waals surface area contributed by atoms with Crippen LogP contribution in [0.1, 0.15) is 37.6 Å². The van der Waals surface area contributed by atoms with E-state index in [2.05, 4.69) is 9.98 Å². The number of hydrogen-bond acceptors (Lipinski definition) is 4. The van der Waals surface area contributed by atoms with E-state index in [1.54, 1.807) is 46.1 Å². The lowest BCUT2D eigenvalue weighted by Crippen LogP contribution is -2.58. The number of benzene rings is 1. The van der Waals surface area contributed by atoms with Crippen molar-refractivity contribution in [3.05, 3.63) is 65.2 Å². The Bertz CT molecular complexity index is 879. The zero-order valence-electron chi connectivity index (χ0n) is 15.5. The van der Waals surface area contributed by atoms with Crippen LogP contribution in [-0.2, 0) is 16.8 Å². The van der Waals surface area contributed by atoms with Gasteiger partial charge in [0, 0.05) is 30.9 Å². The van der Waals surface area contributed by atoms with Gasteiger partial charge in [-0.1, -0.05) is 18.2 Å². The molecule has 26 heavy (non-hydrogen) atoms. The van der Waals surface area contributed by atoms with E-state index >= 15 is 0 Å². The average molecular weight is 354 g/mol. The van der Waals surface area contributed by atoms with Gasteiger partial charge in [-0.2, -0.15) is 0 Å². The van der Waals surface area contributed by atoms with Gasteiger partial charge in [0.2, 0.25) is 5.91 Å². The van der Waals surface area contributed by atoms with Crippen molar-refractivity contribution >= 4 is 11.9 Å². The molecule has 0 radical (unpaired) electrons. The largest absolute Gasteiger partial charge is 0.369 e. The Hall–Kier alpha value is -2.76. The number of carbonyl (C=O) groups is 1. The minimum Gasteiger partial charge on any atom is -0.369 e. The van der Waals surface area contributed by atoms with Crippen LogP contribution in [-0.4, -0.2) is 28.8 Å². The van der Waals surface area contributed by atoms with E-state index in [1.807, 2.05) is 18.2 Å². The number of amides is 1. The van der Waals surface area contributed by atoms with Gasteiger partial charge >= 0.3 is 0 Å². The van der Waals surface area contributed by atoms with Crippen molar-refractivity contribution < 1.29 is 9.18 Å². The van der Waals surface area contributed by atoms with Gasteiger partial charge in [-0.25, -0.2) is 9.38 Å². The van der Waals surface area contributed by atoms with Gasteiger partial charge in [-0.05, 0) is 44.5 Å². The summed E-state index contributed by atoms with van der Waals surface area (Å²) in [5, 5.41) is 0. The molecule has 2 N–H and O–H groups in total. The van der Waals surface area contributed by atoms with Crippen LogP contribution in [0.4, 0.5) is 4.39 Å². The molecule has 6 heteroatoms. The Morgan fingerprint density at radius 2 is 1.92 bits per heavy atom. The summed E-state index contributed by atoms with van der Waals surface area (Å²) >= 11 is 0. The molecule has 1 aliphatic heterocycles. The maximum absolute atomic E-state index is 14.8. The highest BCUT2D eigenvalue weighted by molar-refractivity contribution is 6.01. The predicted octanol–water partition coefficient (Wildman–Crippen LogP) is 2.84. The van der Waals surface area contributed by atoms with Crippen molar-refractivity contribution in [2.45, 2.75) is 32.7 Å². The molecule has 1 aromatic heterocycles. The van der Waals surface area contributed by atoms with Crippen molar-refractivity contribution in [3.8, 4) is 0 Å². The SMILES string of the molecule is CN1C(=O)C(C)(C)[C@@](C)(c2cc(Cc3ccccn3)ccc2F)N=C1N. The van der Waals surface area contributed by atoms with E-state index < -0.39 is 16.8 Å². The Labute approximate surface area is 152 Å². The molecule has 1 atom stereocenters. The molecule has 2 heterocycles. The molecule has 1 aliphatic rings. The molecule has 0 saturated carbocycles. The van der Waals surface area contributed by atoms with Crippen LogP contribution in [0.2, 0.25) is 0 Å². The fraction of sp³-hybridized carbons (Fsp3) is 0.350. The molecular formula is C20H23FN4O. The van der Waals surface area contributed by atoms with E-state index in [1.165, 1.54) is 11.0 Å². The molecule has 136 valence electrons. The summed E-state index contributed by atoms with van der Waals surface area (Å²) in [7, 11) is 1.58. The molecule has 0 fully saturated rings. The van der Waals surface area contributed by atoms with E-state index in [9.17, 15) is 9.18 Å². The second kappa shape index (κ2) is 6.20. The number of nitrogens with two attached hydrogens (primary N) is 1. The zero-order chi connectivity index (χ0) is 19.1. The molecule has 0 aliphatic carbocycles. The first-order valence-electron chi connectivity index (χ1n) is 8.49. The first-order chi connectivity index (χ1) is 12.2. The summed E-state index contributed by atoms with van der Waals surface area (Å²) in [6, 6.07) is 10.6. The summed E-state index contributed by atoms with van der Waals surface area (Å²) in [5.41, 5.74) is 6.03. The molecule has 5 nitrogen and oxygen atoms in total. The van der Waals surface area contributed by atoms with E-state index in [0.29, 0.717) is 12.0 Å². The molecule has 2 aromatic rings. The summed E-state index contributed by atoms with van der Waals surface area (Å²) in [6.07, 6.45) is 2.29. The summed E-state index contributed by atoms with van der Waals surface area (Å²) in [4.78, 5) is 22.9. The van der Waals surface area contributed by atoms with Gasteiger partial charge in [-0.3, -0.25) is 14.7 Å². The van der Waals surface area contributed by atoms with Gasteiger partial charge in [0.05, 0.1) is 5.41 Å². The predicted molar refractivity (Wildman–Crippen MR) is 99.0 cm³/mol. The van der Waals surface area contributed by atoms with Crippen molar-refractivity contribution in [1.29, 1.82) is 0 Å². The topological polar surface area (TPSA) is 71.6 Å². The number of pyridine rings is 1. The minimum absolute atomic E-state index is 0.0892. The van der Waals surface area contributed by atoms with E-state index in [0.717, 1.165) is 11.3 Å². The molecule has 1 amide bonds. The molecule has 0 spiro atoms. The van der Waals surface area contributed by atoms with Crippen LogP contribution in [0.15, 0.2) is 47.6 Å². The fourth-order valence-corrected chi connectivity index (χ4v) is 3.34. The number of hydrogen-bond donors (Lipinski definition) is 1. The Kier molecular flexibility index (Phi) is 4.30. The number of aromatic nitrogens is 1. The van der Waals surface area contributed by atoms with Crippen LogP contribution in [0.3, 0.4) is 0 Å².